The van der Waals surface area contributed by atoms with E-state index in [9.17, 15) is 9.18 Å². The van der Waals surface area contributed by atoms with Crippen LogP contribution < -0.4 is 4.90 Å². The van der Waals surface area contributed by atoms with E-state index in [1.807, 2.05) is 41.5 Å². The molecule has 2 saturated heterocycles. The Morgan fingerprint density at radius 1 is 1.12 bits per heavy atom. The number of fused-ring (bicyclic) bond motifs is 1. The molecule has 2 aromatic heterocycles. The van der Waals surface area contributed by atoms with E-state index in [4.69, 9.17) is 4.98 Å². The molecule has 0 unspecified atom stereocenters. The minimum atomic E-state index is -0.265. The number of nitrogens with zero attached hydrogens (tertiary/aromatic N) is 6. The summed E-state index contributed by atoms with van der Waals surface area (Å²) >= 11 is 1.57. The van der Waals surface area contributed by atoms with Gasteiger partial charge < -0.3 is 9.80 Å². The first-order chi connectivity index (χ1) is 16.6. The molecule has 4 aromatic rings. The summed E-state index contributed by atoms with van der Waals surface area (Å²) in [6.45, 7) is 4.31. The Hall–Kier alpha value is -3.59. The van der Waals surface area contributed by atoms with Crippen LogP contribution in [0.5, 0.6) is 0 Å². The Bertz CT molecular complexity index is 1350. The lowest BCUT2D eigenvalue weighted by atomic mass is 9.82. The van der Waals surface area contributed by atoms with Crippen LogP contribution in [0.2, 0.25) is 0 Å². The maximum Gasteiger partial charge on any atom is 0.256 e. The smallest absolute Gasteiger partial charge is 0.256 e. The van der Waals surface area contributed by atoms with Gasteiger partial charge in [0.1, 0.15) is 5.82 Å². The lowest BCUT2D eigenvalue weighted by Gasteiger charge is -2.53. The fourth-order valence-corrected chi connectivity index (χ4v) is 5.79. The van der Waals surface area contributed by atoms with Crippen LogP contribution in [-0.4, -0.2) is 56.5 Å². The standard InChI is InChI=1S/C25H23FN6OS/c1-16-5-6-22(32-27-8-9-28-32)20(11-16)24(33)30-10-7-18-13-31(23(18)14-30)25-29-21(15-34-25)17-3-2-4-19(26)12-17/h2-6,8-9,11-12,15,18,23H,7,10,13-14H2,1H3/t18-,23-/m0/s1. The molecule has 7 nitrogen and oxygen atoms in total. The first-order valence-corrected chi connectivity index (χ1v) is 12.2. The van der Waals surface area contributed by atoms with E-state index in [1.165, 1.54) is 16.9 Å². The fraction of sp³-hybridized carbons (Fsp3) is 0.280. The minimum Gasteiger partial charge on any atom is -0.343 e. The Kier molecular flexibility index (Phi) is 5.13. The fourth-order valence-electron chi connectivity index (χ4n) is 4.88. The van der Waals surface area contributed by atoms with Crippen molar-refractivity contribution in [1.82, 2.24) is 24.9 Å². The average Bonchev–Trinajstić information content (AvgIpc) is 3.52. The molecule has 0 saturated carbocycles. The highest BCUT2D eigenvalue weighted by molar-refractivity contribution is 7.14. The highest BCUT2D eigenvalue weighted by Crippen LogP contribution is 2.39. The molecule has 2 fully saturated rings. The molecule has 0 aliphatic carbocycles. The summed E-state index contributed by atoms with van der Waals surface area (Å²) in [5.41, 5.74) is 3.88. The molecular weight excluding hydrogens is 451 g/mol. The first-order valence-electron chi connectivity index (χ1n) is 11.3. The van der Waals surface area contributed by atoms with Crippen LogP contribution in [0, 0.1) is 18.7 Å². The van der Waals surface area contributed by atoms with Gasteiger partial charge in [0.05, 0.1) is 35.4 Å². The van der Waals surface area contributed by atoms with Crippen LogP contribution in [0.25, 0.3) is 16.9 Å². The van der Waals surface area contributed by atoms with Crippen molar-refractivity contribution in [3.63, 3.8) is 0 Å². The summed E-state index contributed by atoms with van der Waals surface area (Å²) in [5, 5.41) is 11.3. The molecule has 0 radical (unpaired) electrons. The Balaban J connectivity index is 1.22. The van der Waals surface area contributed by atoms with Crippen molar-refractivity contribution in [2.45, 2.75) is 19.4 Å². The summed E-state index contributed by atoms with van der Waals surface area (Å²) < 4.78 is 13.6. The SMILES string of the molecule is Cc1ccc(-n2nccn2)c(C(=O)N2CC[C@H]3CN(c4nc(-c5cccc(F)c5)cs4)[C@H]3C2)c1. The zero-order chi connectivity index (χ0) is 23.2. The molecule has 0 bridgehead atoms. The summed E-state index contributed by atoms with van der Waals surface area (Å²) in [4.78, 5) is 24.1. The van der Waals surface area contributed by atoms with Crippen molar-refractivity contribution < 1.29 is 9.18 Å². The molecule has 9 heteroatoms. The number of likely N-dealkylation sites (tertiary alicyclic amines) is 1. The number of benzene rings is 2. The zero-order valence-electron chi connectivity index (χ0n) is 18.6. The second kappa shape index (κ2) is 8.32. The Morgan fingerprint density at radius 2 is 1.97 bits per heavy atom. The molecular formula is C25H23FN6OS. The Labute approximate surface area is 200 Å². The third kappa shape index (κ3) is 3.66. The van der Waals surface area contributed by atoms with Gasteiger partial charge in [-0.2, -0.15) is 15.0 Å². The van der Waals surface area contributed by atoms with Gasteiger partial charge in [-0.05, 0) is 37.6 Å². The second-order valence-corrected chi connectivity index (χ2v) is 9.72. The summed E-state index contributed by atoms with van der Waals surface area (Å²) in [7, 11) is 0. The molecule has 6 rings (SSSR count). The van der Waals surface area contributed by atoms with Gasteiger partial charge in [0, 0.05) is 36.5 Å². The van der Waals surface area contributed by atoms with E-state index >= 15 is 0 Å². The molecule has 2 aromatic carbocycles. The van der Waals surface area contributed by atoms with Crippen molar-refractivity contribution in [1.29, 1.82) is 0 Å². The van der Waals surface area contributed by atoms with Gasteiger partial charge in [-0.3, -0.25) is 4.79 Å². The summed E-state index contributed by atoms with van der Waals surface area (Å²) in [6, 6.07) is 12.5. The van der Waals surface area contributed by atoms with Crippen molar-refractivity contribution in [2.24, 2.45) is 5.92 Å². The Morgan fingerprint density at radius 3 is 2.79 bits per heavy atom. The molecule has 1 amide bonds. The monoisotopic (exact) mass is 474 g/mol. The quantitative estimate of drug-likeness (QED) is 0.444. The number of carbonyl (C=O) groups excluding carboxylic acids is 1. The number of hydrogen-bond donors (Lipinski definition) is 0. The second-order valence-electron chi connectivity index (χ2n) is 8.88. The van der Waals surface area contributed by atoms with Crippen LogP contribution in [-0.2, 0) is 0 Å². The van der Waals surface area contributed by atoms with Crippen molar-refractivity contribution in [3.05, 3.63) is 77.2 Å². The lowest BCUT2D eigenvalue weighted by Crippen LogP contribution is -2.65. The third-order valence-electron chi connectivity index (χ3n) is 6.71. The number of anilines is 1. The predicted molar refractivity (Wildman–Crippen MR) is 129 cm³/mol. The number of halogens is 1. The van der Waals surface area contributed by atoms with Crippen LogP contribution in [0.4, 0.5) is 9.52 Å². The molecule has 0 N–H and O–H groups in total. The van der Waals surface area contributed by atoms with Crippen LogP contribution >= 0.6 is 11.3 Å². The van der Waals surface area contributed by atoms with E-state index in [-0.39, 0.29) is 17.8 Å². The topological polar surface area (TPSA) is 67.2 Å². The number of aryl methyl sites for hydroxylation is 1. The van der Waals surface area contributed by atoms with E-state index in [1.54, 1.807) is 29.8 Å². The number of amides is 1. The van der Waals surface area contributed by atoms with E-state index in [0.29, 0.717) is 23.7 Å². The van der Waals surface area contributed by atoms with Crippen molar-refractivity contribution >= 4 is 22.4 Å². The normalized spacial score (nSPS) is 19.6. The van der Waals surface area contributed by atoms with Crippen LogP contribution in [0.1, 0.15) is 22.3 Å². The summed E-state index contributed by atoms with van der Waals surface area (Å²) in [5.74, 6) is 0.287. The molecule has 0 spiro atoms. The van der Waals surface area contributed by atoms with Gasteiger partial charge in [0.15, 0.2) is 5.13 Å². The van der Waals surface area contributed by atoms with Gasteiger partial charge in [0.2, 0.25) is 0 Å². The number of aromatic nitrogens is 4. The van der Waals surface area contributed by atoms with Gasteiger partial charge in [-0.1, -0.05) is 23.8 Å². The molecule has 2 aliphatic rings. The highest BCUT2D eigenvalue weighted by atomic mass is 32.1. The lowest BCUT2D eigenvalue weighted by molar-refractivity contribution is 0.0592. The van der Waals surface area contributed by atoms with Gasteiger partial charge >= 0.3 is 0 Å². The van der Waals surface area contributed by atoms with E-state index < -0.39 is 0 Å². The van der Waals surface area contributed by atoms with Crippen LogP contribution in [0.3, 0.4) is 0 Å². The predicted octanol–water partition coefficient (Wildman–Crippen LogP) is 4.19. The first kappa shape index (κ1) is 21.0. The van der Waals surface area contributed by atoms with Gasteiger partial charge in [0.25, 0.3) is 5.91 Å². The number of rotatable bonds is 4. The van der Waals surface area contributed by atoms with Crippen molar-refractivity contribution in [3.8, 4) is 16.9 Å². The van der Waals surface area contributed by atoms with Crippen molar-refractivity contribution in [2.75, 3.05) is 24.5 Å². The molecule has 4 heterocycles. The highest BCUT2D eigenvalue weighted by Gasteiger charge is 2.45. The average molecular weight is 475 g/mol. The molecule has 172 valence electrons. The third-order valence-corrected chi connectivity index (χ3v) is 7.59. The van der Waals surface area contributed by atoms with Gasteiger partial charge in [-0.25, -0.2) is 9.37 Å². The summed E-state index contributed by atoms with van der Waals surface area (Å²) in [6.07, 6.45) is 4.19. The number of thiazole rings is 1. The van der Waals surface area contributed by atoms with E-state index in [2.05, 4.69) is 15.1 Å². The molecule has 34 heavy (non-hydrogen) atoms. The van der Waals surface area contributed by atoms with E-state index in [0.717, 1.165) is 41.5 Å². The number of hydrogen-bond acceptors (Lipinski definition) is 6. The molecule has 2 aliphatic heterocycles. The van der Waals surface area contributed by atoms with Gasteiger partial charge in [-0.15, -0.1) is 11.3 Å². The minimum absolute atomic E-state index is 0.000823. The zero-order valence-corrected chi connectivity index (χ0v) is 19.5. The number of carbonyl (C=O) groups is 1. The maximum absolute atomic E-state index is 13.6. The van der Waals surface area contributed by atoms with Crippen LogP contribution in [0.15, 0.2) is 60.2 Å². The maximum atomic E-state index is 13.6. The number of piperidine rings is 1. The molecule has 2 atom stereocenters. The largest absolute Gasteiger partial charge is 0.343 e.